The fourth-order valence-electron chi connectivity index (χ4n) is 3.34. The summed E-state index contributed by atoms with van der Waals surface area (Å²) >= 11 is 0. The number of ether oxygens (including phenoxy) is 1. The number of nitro benzene ring substituents is 1. The van der Waals surface area contributed by atoms with Gasteiger partial charge in [0, 0.05) is 31.8 Å². The maximum atomic E-state index is 12.9. The number of carbonyl (C=O) groups excluding carboxylic acids is 1. The summed E-state index contributed by atoms with van der Waals surface area (Å²) in [5.41, 5.74) is 0.00180. The fourth-order valence-corrected chi connectivity index (χ4v) is 4.61. The number of sulfonamides is 1. The number of hydrogen-bond acceptors (Lipinski definition) is 7. The van der Waals surface area contributed by atoms with E-state index in [0.29, 0.717) is 18.8 Å². The van der Waals surface area contributed by atoms with Crippen molar-refractivity contribution in [3.8, 4) is 5.75 Å². The van der Waals surface area contributed by atoms with Crippen LogP contribution in [0.4, 0.5) is 5.69 Å². The summed E-state index contributed by atoms with van der Waals surface area (Å²) in [5, 5.41) is 20.8. The smallest absolute Gasteiger partial charge is 0.269 e. The molecule has 1 heterocycles. The highest BCUT2D eigenvalue weighted by atomic mass is 32.2. The van der Waals surface area contributed by atoms with Crippen LogP contribution in [0, 0.1) is 10.1 Å². The van der Waals surface area contributed by atoms with Crippen LogP contribution in [0.3, 0.4) is 0 Å². The van der Waals surface area contributed by atoms with Crippen LogP contribution in [0.25, 0.3) is 0 Å². The maximum absolute atomic E-state index is 12.9. The minimum Gasteiger partial charge on any atom is -0.491 e. The van der Waals surface area contributed by atoms with Gasteiger partial charge in [-0.05, 0) is 43.5 Å². The van der Waals surface area contributed by atoms with Crippen molar-refractivity contribution in [2.75, 3.05) is 26.2 Å². The highest BCUT2D eigenvalue weighted by molar-refractivity contribution is 7.89. The lowest BCUT2D eigenvalue weighted by Gasteiger charge is -2.27. The number of non-ortho nitro benzene ring substituents is 1. The van der Waals surface area contributed by atoms with Gasteiger partial charge in [0.2, 0.25) is 10.0 Å². The molecule has 11 heteroatoms. The van der Waals surface area contributed by atoms with Crippen LogP contribution in [0.1, 0.15) is 29.6 Å². The number of aliphatic hydroxyl groups is 1. The molecular formula is C21H25N3O7S. The topological polar surface area (TPSA) is 139 Å². The third kappa shape index (κ3) is 6.02. The average Bonchev–Trinajstić information content (AvgIpc) is 2.82. The van der Waals surface area contributed by atoms with Gasteiger partial charge in [-0.25, -0.2) is 13.1 Å². The number of benzene rings is 2. The summed E-state index contributed by atoms with van der Waals surface area (Å²) in [6.07, 6.45) is 1.65. The predicted molar refractivity (Wildman–Crippen MR) is 116 cm³/mol. The lowest BCUT2D eigenvalue weighted by atomic mass is 10.1. The molecule has 32 heavy (non-hydrogen) atoms. The Labute approximate surface area is 186 Å². The molecule has 0 bridgehead atoms. The van der Waals surface area contributed by atoms with Gasteiger partial charge in [0.25, 0.3) is 11.6 Å². The molecule has 172 valence electrons. The third-order valence-corrected chi connectivity index (χ3v) is 6.53. The van der Waals surface area contributed by atoms with Crippen molar-refractivity contribution >= 4 is 21.6 Å². The first-order valence-corrected chi connectivity index (χ1v) is 11.7. The van der Waals surface area contributed by atoms with Crippen LogP contribution < -0.4 is 9.46 Å². The molecule has 1 aliphatic rings. The molecule has 0 saturated carbocycles. The van der Waals surface area contributed by atoms with Crippen LogP contribution in [-0.4, -0.2) is 61.6 Å². The molecule has 3 rings (SSSR count). The second-order valence-electron chi connectivity index (χ2n) is 7.42. The van der Waals surface area contributed by atoms with Crippen molar-refractivity contribution in [1.29, 1.82) is 0 Å². The summed E-state index contributed by atoms with van der Waals surface area (Å²) in [6.45, 7) is 0.634. The molecule has 2 aromatic rings. The highest BCUT2D eigenvalue weighted by Gasteiger charge is 2.26. The van der Waals surface area contributed by atoms with Crippen LogP contribution in [-0.2, 0) is 10.0 Å². The van der Waals surface area contributed by atoms with Crippen molar-refractivity contribution in [2.24, 2.45) is 0 Å². The number of nitrogens with zero attached hydrogens (tertiary/aromatic N) is 2. The lowest BCUT2D eigenvalue weighted by molar-refractivity contribution is -0.384. The van der Waals surface area contributed by atoms with Gasteiger partial charge in [-0.1, -0.05) is 12.1 Å². The predicted octanol–water partition coefficient (Wildman–Crippen LogP) is 1.94. The third-order valence-electron chi connectivity index (χ3n) is 5.05. The lowest BCUT2D eigenvalue weighted by Crippen LogP contribution is -2.38. The first-order chi connectivity index (χ1) is 15.3. The van der Waals surface area contributed by atoms with E-state index in [1.165, 1.54) is 42.5 Å². The molecule has 0 radical (unpaired) electrons. The quantitative estimate of drug-likeness (QED) is 0.428. The second-order valence-corrected chi connectivity index (χ2v) is 9.15. The Hall–Kier alpha value is -3.02. The Morgan fingerprint density at radius 2 is 1.78 bits per heavy atom. The number of rotatable bonds is 9. The van der Waals surface area contributed by atoms with E-state index >= 15 is 0 Å². The van der Waals surface area contributed by atoms with Gasteiger partial charge in [0.1, 0.15) is 18.5 Å². The average molecular weight is 464 g/mol. The molecule has 0 spiro atoms. The molecule has 1 fully saturated rings. The van der Waals surface area contributed by atoms with E-state index in [1.54, 1.807) is 11.0 Å². The van der Waals surface area contributed by atoms with Crippen LogP contribution in [0.15, 0.2) is 53.4 Å². The largest absolute Gasteiger partial charge is 0.491 e. The zero-order chi connectivity index (χ0) is 23.1. The van der Waals surface area contributed by atoms with Gasteiger partial charge >= 0.3 is 0 Å². The Bertz CT molecular complexity index is 1050. The van der Waals surface area contributed by atoms with Crippen molar-refractivity contribution in [1.82, 2.24) is 9.62 Å². The first-order valence-electron chi connectivity index (χ1n) is 10.2. The zero-order valence-electron chi connectivity index (χ0n) is 17.3. The van der Waals surface area contributed by atoms with E-state index in [2.05, 4.69) is 4.72 Å². The molecule has 0 unspecified atom stereocenters. The minimum atomic E-state index is -4.06. The molecule has 2 N–H and O–H groups in total. The van der Waals surface area contributed by atoms with Crippen LogP contribution in [0.2, 0.25) is 0 Å². The molecular weight excluding hydrogens is 438 g/mol. The summed E-state index contributed by atoms with van der Waals surface area (Å²) in [6, 6.07) is 11.3. The number of nitro groups is 1. The number of carbonyl (C=O) groups is 1. The molecule has 1 amide bonds. The van der Waals surface area contributed by atoms with Crippen LogP contribution in [0.5, 0.6) is 5.75 Å². The number of hydrogen-bond donors (Lipinski definition) is 2. The first kappa shape index (κ1) is 23.6. The van der Waals surface area contributed by atoms with Crippen molar-refractivity contribution < 1.29 is 28.0 Å². The van der Waals surface area contributed by atoms with E-state index < -0.39 is 21.1 Å². The molecule has 0 aliphatic carbocycles. The molecule has 1 aliphatic heterocycles. The van der Waals surface area contributed by atoms with Gasteiger partial charge in [0.15, 0.2) is 0 Å². The monoisotopic (exact) mass is 463 g/mol. The van der Waals surface area contributed by atoms with Gasteiger partial charge in [-0.15, -0.1) is 0 Å². The minimum absolute atomic E-state index is 0.0941. The van der Waals surface area contributed by atoms with Crippen molar-refractivity contribution in [2.45, 2.75) is 30.3 Å². The Morgan fingerprint density at radius 1 is 1.12 bits per heavy atom. The van der Waals surface area contributed by atoms with E-state index in [4.69, 9.17) is 4.74 Å². The molecule has 2 aromatic carbocycles. The highest BCUT2D eigenvalue weighted by Crippen LogP contribution is 2.20. The molecule has 0 aromatic heterocycles. The van der Waals surface area contributed by atoms with E-state index in [1.807, 2.05) is 0 Å². The summed E-state index contributed by atoms with van der Waals surface area (Å²) in [4.78, 5) is 24.5. The van der Waals surface area contributed by atoms with Crippen LogP contribution >= 0.6 is 0 Å². The Kier molecular flexibility index (Phi) is 7.78. The maximum Gasteiger partial charge on any atom is 0.269 e. The number of amides is 1. The molecule has 1 saturated heterocycles. The van der Waals surface area contributed by atoms with Gasteiger partial charge in [-0.2, -0.15) is 0 Å². The number of piperidine rings is 1. The fraction of sp³-hybridized carbons (Fsp3) is 0.381. The van der Waals surface area contributed by atoms with Gasteiger partial charge in [0.05, 0.1) is 15.4 Å². The van der Waals surface area contributed by atoms with E-state index in [-0.39, 0.29) is 35.2 Å². The van der Waals surface area contributed by atoms with E-state index in [0.717, 1.165) is 19.3 Å². The van der Waals surface area contributed by atoms with Gasteiger partial charge in [-0.3, -0.25) is 14.9 Å². The SMILES string of the molecule is O=C(c1ccccc1S(=O)(=O)NC[C@@H](O)COc1ccc([N+](=O)[O-])cc1)N1CCCCC1. The Morgan fingerprint density at radius 3 is 2.44 bits per heavy atom. The number of likely N-dealkylation sites (tertiary alicyclic amines) is 1. The standard InChI is InChI=1S/C21H25N3O7S/c25-17(15-31-18-10-8-16(9-11-18)24(27)28)14-22-32(29,30)20-7-3-2-6-19(20)21(26)23-12-4-1-5-13-23/h2-3,6-11,17,22,25H,1,4-5,12-15H2/t17-/m1/s1. The normalized spacial score (nSPS) is 15.2. The summed E-state index contributed by atoms with van der Waals surface area (Å²) < 4.78 is 33.3. The summed E-state index contributed by atoms with van der Waals surface area (Å²) in [5.74, 6) is -0.0253. The summed E-state index contributed by atoms with van der Waals surface area (Å²) in [7, 11) is -4.06. The number of nitrogens with one attached hydrogen (secondary N) is 1. The number of aliphatic hydroxyl groups excluding tert-OH is 1. The molecule has 1 atom stereocenters. The van der Waals surface area contributed by atoms with E-state index in [9.17, 15) is 28.4 Å². The Balaban J connectivity index is 1.60. The zero-order valence-corrected chi connectivity index (χ0v) is 18.2. The second kappa shape index (κ2) is 10.5. The van der Waals surface area contributed by atoms with Crippen molar-refractivity contribution in [3.63, 3.8) is 0 Å². The van der Waals surface area contributed by atoms with Gasteiger partial charge < -0.3 is 14.7 Å². The van der Waals surface area contributed by atoms with Crippen molar-refractivity contribution in [3.05, 3.63) is 64.2 Å². The molecule has 10 nitrogen and oxygen atoms in total.